The van der Waals surface area contributed by atoms with E-state index in [0.29, 0.717) is 28.8 Å². The molecule has 0 aliphatic rings. The Balaban J connectivity index is 1.55. The zero-order valence-corrected chi connectivity index (χ0v) is 21.5. The number of anilines is 2. The van der Waals surface area contributed by atoms with Crippen molar-refractivity contribution in [3.8, 4) is 16.2 Å². The predicted octanol–water partition coefficient (Wildman–Crippen LogP) is 7.42. The summed E-state index contributed by atoms with van der Waals surface area (Å²) in [5.41, 5.74) is 4.70. The number of hydrogen-bond acceptors (Lipinski definition) is 7. The number of pyridine rings is 1. The number of thiophene rings is 1. The van der Waals surface area contributed by atoms with E-state index < -0.39 is 0 Å². The Morgan fingerprint density at radius 1 is 1.08 bits per heavy atom. The number of aromatic nitrogens is 3. The summed E-state index contributed by atoms with van der Waals surface area (Å²) in [7, 11) is 1.60. The van der Waals surface area contributed by atoms with Crippen LogP contribution in [0.3, 0.4) is 0 Å². The van der Waals surface area contributed by atoms with Gasteiger partial charge in [0.25, 0.3) is 0 Å². The second-order valence-electron chi connectivity index (χ2n) is 8.17. The maximum atomic E-state index is 6.34. The fraction of sp³-hybridized carbons (Fsp3) is 0.107. The third-order valence-corrected chi connectivity index (χ3v) is 7.26. The average Bonchev–Trinajstić information content (AvgIpc) is 3.24. The molecular weight excluding hydrogens is 490 g/mol. The zero-order chi connectivity index (χ0) is 25.1. The van der Waals surface area contributed by atoms with E-state index in [4.69, 9.17) is 26.3 Å². The van der Waals surface area contributed by atoms with Gasteiger partial charge in [0.2, 0.25) is 0 Å². The molecule has 0 amide bonds. The molecule has 0 aliphatic carbocycles. The maximum absolute atomic E-state index is 6.34. The highest BCUT2D eigenvalue weighted by Crippen LogP contribution is 2.40. The lowest BCUT2D eigenvalue weighted by Gasteiger charge is -2.13. The molecule has 0 aliphatic heterocycles. The van der Waals surface area contributed by atoms with E-state index in [9.17, 15) is 0 Å². The van der Waals surface area contributed by atoms with Crippen LogP contribution in [0.4, 0.5) is 11.5 Å². The van der Waals surface area contributed by atoms with E-state index in [1.165, 1.54) is 0 Å². The van der Waals surface area contributed by atoms with Gasteiger partial charge in [0, 0.05) is 35.1 Å². The minimum atomic E-state index is 0.528. The number of fused-ring (bicyclic) bond motifs is 1. The van der Waals surface area contributed by atoms with Crippen molar-refractivity contribution in [3.63, 3.8) is 0 Å². The molecule has 5 aromatic rings. The molecule has 5 rings (SSSR count). The van der Waals surface area contributed by atoms with E-state index in [1.54, 1.807) is 24.6 Å². The van der Waals surface area contributed by atoms with E-state index >= 15 is 0 Å². The molecule has 3 heterocycles. The number of rotatable bonds is 8. The predicted molar refractivity (Wildman–Crippen MR) is 150 cm³/mol. The normalized spacial score (nSPS) is 10.9. The Labute approximate surface area is 218 Å². The van der Waals surface area contributed by atoms with Crippen molar-refractivity contribution in [2.45, 2.75) is 13.5 Å². The Morgan fingerprint density at radius 3 is 2.64 bits per heavy atom. The van der Waals surface area contributed by atoms with Gasteiger partial charge in [-0.05, 0) is 48.4 Å². The van der Waals surface area contributed by atoms with Crippen LogP contribution in [-0.2, 0) is 6.54 Å². The summed E-state index contributed by atoms with van der Waals surface area (Å²) in [6.07, 6.45) is 3.64. The van der Waals surface area contributed by atoms with Gasteiger partial charge >= 0.3 is 0 Å². The molecule has 2 aromatic carbocycles. The van der Waals surface area contributed by atoms with Crippen LogP contribution in [0.5, 0.6) is 5.75 Å². The van der Waals surface area contributed by atoms with Crippen molar-refractivity contribution in [1.82, 2.24) is 15.0 Å². The maximum Gasteiger partial charge on any atom is 0.178 e. The van der Waals surface area contributed by atoms with Crippen LogP contribution >= 0.6 is 22.9 Å². The molecule has 0 bridgehead atoms. The van der Waals surface area contributed by atoms with Crippen LogP contribution in [0.15, 0.2) is 79.6 Å². The summed E-state index contributed by atoms with van der Waals surface area (Å²) in [6, 6.07) is 19.6. The first-order valence-corrected chi connectivity index (χ1v) is 12.5. The van der Waals surface area contributed by atoms with Crippen molar-refractivity contribution in [1.29, 1.82) is 0 Å². The molecule has 36 heavy (non-hydrogen) atoms. The van der Waals surface area contributed by atoms with Crippen LogP contribution in [0.2, 0.25) is 5.02 Å². The Hall–Kier alpha value is -3.94. The van der Waals surface area contributed by atoms with Gasteiger partial charge in [-0.15, -0.1) is 11.3 Å². The highest BCUT2D eigenvalue weighted by atomic mass is 35.5. The number of para-hydroxylation sites is 1. The first-order chi connectivity index (χ1) is 17.5. The first-order valence-electron chi connectivity index (χ1n) is 11.3. The molecule has 6 nitrogen and oxygen atoms in total. The molecule has 0 saturated heterocycles. The number of aryl methyl sites for hydroxylation is 1. The van der Waals surface area contributed by atoms with Crippen LogP contribution in [0, 0.1) is 6.92 Å². The molecule has 3 aromatic heterocycles. The minimum Gasteiger partial charge on any atom is -0.495 e. The third kappa shape index (κ3) is 4.89. The quantitative estimate of drug-likeness (QED) is 0.225. The van der Waals surface area contributed by atoms with Crippen LogP contribution in [-0.4, -0.2) is 22.1 Å². The van der Waals surface area contributed by atoms with Gasteiger partial charge < -0.3 is 15.4 Å². The van der Waals surface area contributed by atoms with Crippen molar-refractivity contribution in [2.75, 3.05) is 17.7 Å². The van der Waals surface area contributed by atoms with Gasteiger partial charge in [-0.1, -0.05) is 48.5 Å². The Kier molecular flexibility index (Phi) is 6.84. The Bertz CT molecular complexity index is 1540. The van der Waals surface area contributed by atoms with E-state index in [2.05, 4.69) is 35.2 Å². The standard InChI is InChI=1S/C28H24ClN5OS/c1-17-24-27(31-15-19-11-12-23(35-3)22(29)14-19)33-26(18(2)32-21-9-5-4-6-10-21)34-28(24)36-25(17)20-8-7-13-30-16-20/h4-14,16,32H,2,15H2,1,3H3,(H,31,33,34). The fourth-order valence-corrected chi connectivity index (χ4v) is 5.38. The van der Waals surface area contributed by atoms with Gasteiger partial charge in [-0.3, -0.25) is 4.98 Å². The number of halogens is 1. The van der Waals surface area contributed by atoms with Crippen molar-refractivity contribution in [3.05, 3.63) is 102 Å². The van der Waals surface area contributed by atoms with E-state index in [1.807, 2.05) is 60.8 Å². The summed E-state index contributed by atoms with van der Waals surface area (Å²) in [5.74, 6) is 1.91. The van der Waals surface area contributed by atoms with Gasteiger partial charge in [0.05, 0.1) is 23.2 Å². The average molecular weight is 514 g/mol. The SMILES string of the molecule is C=C(Nc1ccccc1)c1nc(NCc2ccc(OC)c(Cl)c2)c2c(C)c(-c3cccnc3)sc2n1. The lowest BCUT2D eigenvalue weighted by molar-refractivity contribution is 0.415. The largest absolute Gasteiger partial charge is 0.495 e. The number of benzene rings is 2. The molecule has 2 N–H and O–H groups in total. The first kappa shape index (κ1) is 23.8. The smallest absolute Gasteiger partial charge is 0.178 e. The highest BCUT2D eigenvalue weighted by Gasteiger charge is 2.19. The van der Waals surface area contributed by atoms with Gasteiger partial charge in [-0.2, -0.15) is 0 Å². The van der Waals surface area contributed by atoms with Gasteiger partial charge in [0.1, 0.15) is 16.4 Å². The van der Waals surface area contributed by atoms with E-state index in [0.717, 1.165) is 43.3 Å². The molecule has 0 spiro atoms. The second-order valence-corrected chi connectivity index (χ2v) is 9.57. The number of methoxy groups -OCH3 is 1. The summed E-state index contributed by atoms with van der Waals surface area (Å²) >= 11 is 7.96. The minimum absolute atomic E-state index is 0.528. The Morgan fingerprint density at radius 2 is 1.92 bits per heavy atom. The summed E-state index contributed by atoms with van der Waals surface area (Å²) in [5, 5.41) is 8.37. The summed E-state index contributed by atoms with van der Waals surface area (Å²) in [4.78, 5) is 16.0. The van der Waals surface area contributed by atoms with Crippen LogP contribution in [0.1, 0.15) is 17.0 Å². The molecule has 180 valence electrons. The van der Waals surface area contributed by atoms with Crippen molar-refractivity contribution in [2.24, 2.45) is 0 Å². The van der Waals surface area contributed by atoms with Crippen molar-refractivity contribution < 1.29 is 4.74 Å². The number of nitrogens with one attached hydrogen (secondary N) is 2. The molecule has 0 saturated carbocycles. The summed E-state index contributed by atoms with van der Waals surface area (Å²) in [6.45, 7) is 6.83. The van der Waals surface area contributed by atoms with Gasteiger partial charge in [-0.25, -0.2) is 9.97 Å². The van der Waals surface area contributed by atoms with Gasteiger partial charge in [0.15, 0.2) is 5.82 Å². The van der Waals surface area contributed by atoms with Crippen molar-refractivity contribution >= 4 is 50.4 Å². The van der Waals surface area contributed by atoms with E-state index in [-0.39, 0.29) is 0 Å². The van der Waals surface area contributed by atoms with Crippen LogP contribution in [0.25, 0.3) is 26.4 Å². The molecule has 0 unspecified atom stereocenters. The number of nitrogens with zero attached hydrogens (tertiary/aromatic N) is 3. The topological polar surface area (TPSA) is 72.0 Å². The monoisotopic (exact) mass is 513 g/mol. The molecule has 8 heteroatoms. The molecular formula is C28H24ClN5OS. The third-order valence-electron chi connectivity index (χ3n) is 5.73. The molecule has 0 radical (unpaired) electrons. The second kappa shape index (κ2) is 10.4. The zero-order valence-electron chi connectivity index (χ0n) is 19.9. The molecule has 0 atom stereocenters. The fourth-order valence-electron chi connectivity index (χ4n) is 3.93. The summed E-state index contributed by atoms with van der Waals surface area (Å²) < 4.78 is 5.28. The molecule has 0 fully saturated rings. The lowest BCUT2D eigenvalue weighted by atomic mass is 10.1. The highest BCUT2D eigenvalue weighted by molar-refractivity contribution is 7.22. The number of hydrogen-bond donors (Lipinski definition) is 2. The number of ether oxygens (including phenoxy) is 1. The lowest BCUT2D eigenvalue weighted by Crippen LogP contribution is -2.07. The van der Waals surface area contributed by atoms with Crippen LogP contribution < -0.4 is 15.4 Å².